The lowest BCUT2D eigenvalue weighted by Crippen LogP contribution is -2.25. The number of rotatable bonds is 8. The van der Waals surface area contributed by atoms with Gasteiger partial charge in [0.05, 0.1) is 15.5 Å². The van der Waals surface area contributed by atoms with Gasteiger partial charge in [0.15, 0.2) is 9.84 Å². The van der Waals surface area contributed by atoms with Crippen molar-refractivity contribution >= 4 is 31.5 Å². The second kappa shape index (κ2) is 7.79. The molecule has 1 aliphatic carbocycles. The van der Waals surface area contributed by atoms with Crippen molar-refractivity contribution in [1.82, 2.24) is 4.72 Å². The van der Waals surface area contributed by atoms with Crippen LogP contribution in [0.2, 0.25) is 0 Å². The first kappa shape index (κ1) is 19.5. The van der Waals surface area contributed by atoms with Gasteiger partial charge < -0.3 is 5.32 Å². The zero-order chi connectivity index (χ0) is 19.5. The number of hydrogen-bond acceptors (Lipinski definition) is 5. The summed E-state index contributed by atoms with van der Waals surface area (Å²) in [4.78, 5) is 12.3. The molecule has 1 aliphatic rings. The van der Waals surface area contributed by atoms with Crippen LogP contribution in [0.4, 0.5) is 5.69 Å². The molecule has 9 heteroatoms. The van der Waals surface area contributed by atoms with Gasteiger partial charge in [-0.2, -0.15) is 0 Å². The molecule has 0 bridgehead atoms. The molecule has 2 aromatic carbocycles. The minimum absolute atomic E-state index is 0.0172. The van der Waals surface area contributed by atoms with Crippen LogP contribution in [0.15, 0.2) is 64.4 Å². The largest absolute Gasteiger partial charge is 0.326 e. The molecule has 0 radical (unpaired) electrons. The number of amides is 1. The Morgan fingerprint density at radius 3 is 2.26 bits per heavy atom. The van der Waals surface area contributed by atoms with E-state index in [1.807, 2.05) is 0 Å². The fourth-order valence-electron chi connectivity index (χ4n) is 2.43. The van der Waals surface area contributed by atoms with E-state index in [2.05, 4.69) is 10.0 Å². The second-order valence-electron chi connectivity index (χ2n) is 6.35. The Kier molecular flexibility index (Phi) is 5.64. The number of carbonyl (C=O) groups excluding carboxylic acids is 1. The highest BCUT2D eigenvalue weighted by atomic mass is 32.2. The highest BCUT2D eigenvalue weighted by molar-refractivity contribution is 7.91. The van der Waals surface area contributed by atoms with E-state index >= 15 is 0 Å². The van der Waals surface area contributed by atoms with Crippen LogP contribution in [0, 0.1) is 0 Å². The number of benzene rings is 2. The molecule has 1 saturated carbocycles. The average molecular weight is 409 g/mol. The van der Waals surface area contributed by atoms with Gasteiger partial charge in [0.25, 0.3) is 0 Å². The molecule has 3 rings (SSSR count). The van der Waals surface area contributed by atoms with E-state index < -0.39 is 25.8 Å². The maximum Gasteiger partial charge on any atom is 0.240 e. The molecule has 0 aromatic heterocycles. The van der Waals surface area contributed by atoms with E-state index in [0.717, 1.165) is 12.8 Å². The Labute approximate surface area is 158 Å². The van der Waals surface area contributed by atoms with Crippen LogP contribution < -0.4 is 10.0 Å². The quantitative estimate of drug-likeness (QED) is 0.694. The molecule has 7 nitrogen and oxygen atoms in total. The maximum atomic E-state index is 12.2. The van der Waals surface area contributed by atoms with Crippen molar-refractivity contribution in [2.24, 2.45) is 0 Å². The van der Waals surface area contributed by atoms with Crippen molar-refractivity contribution in [3.8, 4) is 0 Å². The summed E-state index contributed by atoms with van der Waals surface area (Å²) in [6.07, 6.45) is 1.42. The average Bonchev–Trinajstić information content (AvgIpc) is 3.44. The number of sulfonamides is 1. The summed E-state index contributed by atoms with van der Waals surface area (Å²) >= 11 is 0. The molecule has 144 valence electrons. The van der Waals surface area contributed by atoms with Gasteiger partial charge in [0.1, 0.15) is 0 Å². The summed E-state index contributed by atoms with van der Waals surface area (Å²) in [6, 6.07) is 13.8. The van der Waals surface area contributed by atoms with Gasteiger partial charge in [-0.3, -0.25) is 4.79 Å². The zero-order valence-corrected chi connectivity index (χ0v) is 16.1. The highest BCUT2D eigenvalue weighted by Gasteiger charge is 2.28. The summed E-state index contributed by atoms with van der Waals surface area (Å²) in [5.74, 6) is -0.830. The van der Waals surface area contributed by atoms with Crippen molar-refractivity contribution in [3.05, 3.63) is 54.6 Å². The van der Waals surface area contributed by atoms with Crippen LogP contribution in [0.3, 0.4) is 0 Å². The first-order chi connectivity index (χ1) is 12.8. The summed E-state index contributed by atoms with van der Waals surface area (Å²) in [5, 5.41) is 2.55. The fourth-order valence-corrected chi connectivity index (χ4v) is 5.04. The van der Waals surface area contributed by atoms with Crippen molar-refractivity contribution in [2.75, 3.05) is 11.1 Å². The summed E-state index contributed by atoms with van der Waals surface area (Å²) in [7, 11) is -7.18. The molecule has 0 unspecified atom stereocenters. The van der Waals surface area contributed by atoms with E-state index in [1.54, 1.807) is 24.3 Å². The minimum atomic E-state index is -3.62. The van der Waals surface area contributed by atoms with Gasteiger partial charge >= 0.3 is 0 Å². The van der Waals surface area contributed by atoms with Gasteiger partial charge in [-0.15, -0.1) is 0 Å². The lowest BCUT2D eigenvalue weighted by Gasteiger charge is -2.09. The Balaban J connectivity index is 1.62. The van der Waals surface area contributed by atoms with Crippen molar-refractivity contribution < 1.29 is 21.6 Å². The third kappa shape index (κ3) is 5.38. The fraction of sp³-hybridized carbons (Fsp3) is 0.278. The van der Waals surface area contributed by atoms with E-state index in [1.165, 1.54) is 30.3 Å². The van der Waals surface area contributed by atoms with Crippen LogP contribution in [-0.2, 0) is 24.7 Å². The number of sulfone groups is 1. The number of nitrogens with one attached hydrogen (secondary N) is 2. The standard InChI is InChI=1S/C18H20N2O5S2/c21-18(11-12-26(22,23)16-6-2-1-3-7-16)19-15-5-4-8-17(13-15)27(24,25)20-14-9-10-14/h1-8,13-14,20H,9-12H2,(H,19,21). The molecule has 2 N–H and O–H groups in total. The summed E-state index contributed by atoms with van der Waals surface area (Å²) in [6.45, 7) is 0. The predicted octanol–water partition coefficient (Wildman–Crippen LogP) is 1.93. The van der Waals surface area contributed by atoms with Crippen LogP contribution in [0.1, 0.15) is 19.3 Å². The minimum Gasteiger partial charge on any atom is -0.326 e. The van der Waals surface area contributed by atoms with Crippen LogP contribution >= 0.6 is 0 Å². The lowest BCUT2D eigenvalue weighted by molar-refractivity contribution is -0.115. The van der Waals surface area contributed by atoms with Gasteiger partial charge in [-0.25, -0.2) is 21.6 Å². The Morgan fingerprint density at radius 1 is 0.926 bits per heavy atom. The molecule has 2 aromatic rings. The smallest absolute Gasteiger partial charge is 0.240 e. The molecule has 1 amide bonds. The summed E-state index contributed by atoms with van der Waals surface area (Å²) in [5.41, 5.74) is 0.302. The lowest BCUT2D eigenvalue weighted by atomic mass is 10.3. The van der Waals surface area contributed by atoms with Gasteiger partial charge in [-0.05, 0) is 43.2 Å². The normalized spacial score (nSPS) is 14.7. The van der Waals surface area contributed by atoms with E-state index in [-0.39, 0.29) is 28.0 Å². The van der Waals surface area contributed by atoms with Gasteiger partial charge in [0.2, 0.25) is 15.9 Å². The highest BCUT2D eigenvalue weighted by Crippen LogP contribution is 2.23. The molecule has 27 heavy (non-hydrogen) atoms. The van der Waals surface area contributed by atoms with E-state index in [0.29, 0.717) is 5.69 Å². The maximum absolute atomic E-state index is 12.2. The van der Waals surface area contributed by atoms with Crippen molar-refractivity contribution in [3.63, 3.8) is 0 Å². The number of carbonyl (C=O) groups is 1. The monoisotopic (exact) mass is 408 g/mol. The predicted molar refractivity (Wildman–Crippen MR) is 102 cm³/mol. The topological polar surface area (TPSA) is 109 Å². The SMILES string of the molecule is O=C(CCS(=O)(=O)c1ccccc1)Nc1cccc(S(=O)(=O)NC2CC2)c1. The Morgan fingerprint density at radius 2 is 1.59 bits per heavy atom. The second-order valence-corrected chi connectivity index (χ2v) is 10.2. The van der Waals surface area contributed by atoms with Crippen LogP contribution in [0.5, 0.6) is 0 Å². The number of anilines is 1. The third-order valence-corrected chi connectivity index (χ3v) is 7.28. The van der Waals surface area contributed by atoms with E-state index in [9.17, 15) is 21.6 Å². The van der Waals surface area contributed by atoms with Crippen molar-refractivity contribution in [1.29, 1.82) is 0 Å². The zero-order valence-electron chi connectivity index (χ0n) is 14.5. The molecule has 0 saturated heterocycles. The van der Waals surface area contributed by atoms with Crippen LogP contribution in [-0.4, -0.2) is 34.5 Å². The first-order valence-electron chi connectivity index (χ1n) is 8.46. The Hall–Kier alpha value is -2.23. The van der Waals surface area contributed by atoms with Gasteiger partial charge in [0, 0.05) is 18.2 Å². The molecular weight excluding hydrogens is 388 g/mol. The molecular formula is C18H20N2O5S2. The first-order valence-corrected chi connectivity index (χ1v) is 11.6. The molecule has 0 spiro atoms. The van der Waals surface area contributed by atoms with Gasteiger partial charge in [-0.1, -0.05) is 24.3 Å². The molecule has 0 aliphatic heterocycles. The third-order valence-electron chi connectivity index (χ3n) is 4.03. The molecule has 1 fully saturated rings. The van der Waals surface area contributed by atoms with E-state index in [4.69, 9.17) is 0 Å². The van der Waals surface area contributed by atoms with Crippen molar-refractivity contribution in [2.45, 2.75) is 35.1 Å². The molecule has 0 heterocycles. The Bertz CT molecular complexity index is 1030. The molecule has 0 atom stereocenters. The van der Waals surface area contributed by atoms with Crippen LogP contribution in [0.25, 0.3) is 0 Å². The number of hydrogen-bond donors (Lipinski definition) is 2. The summed E-state index contributed by atoms with van der Waals surface area (Å²) < 4.78 is 51.5.